The third-order valence-corrected chi connectivity index (χ3v) is 5.39. The minimum Gasteiger partial charge on any atom is -0.490 e. The zero-order valence-corrected chi connectivity index (χ0v) is 12.7. The molecule has 0 aromatic heterocycles. The molecule has 0 heterocycles. The summed E-state index contributed by atoms with van der Waals surface area (Å²) in [6.45, 7) is 0. The molecule has 1 aromatic rings. The fourth-order valence-electron chi connectivity index (χ4n) is 2.62. The van der Waals surface area contributed by atoms with Gasteiger partial charge in [-0.2, -0.15) is 0 Å². The molecule has 0 radical (unpaired) electrons. The molecule has 7 heteroatoms. The Morgan fingerprint density at radius 2 is 2.05 bits per heavy atom. The predicted molar refractivity (Wildman–Crippen MR) is 80.9 cm³/mol. The van der Waals surface area contributed by atoms with E-state index in [1.54, 1.807) is 12.1 Å². The first-order valence-corrected chi connectivity index (χ1v) is 8.77. The Labute approximate surface area is 124 Å². The van der Waals surface area contributed by atoms with Crippen LogP contribution in [0.15, 0.2) is 18.2 Å². The molecule has 2 unspecified atom stereocenters. The second-order valence-corrected chi connectivity index (χ2v) is 7.80. The lowest BCUT2D eigenvalue weighted by molar-refractivity contribution is 0.0988. The fourth-order valence-corrected chi connectivity index (χ4v) is 3.78. The Hall–Kier alpha value is -1.76. The molecule has 4 N–H and O–H groups in total. The minimum absolute atomic E-state index is 0.219. The Bertz CT molecular complexity index is 642. The minimum atomic E-state index is -3.08. The number of hydrogen-bond acceptors (Lipinski definition) is 5. The van der Waals surface area contributed by atoms with Crippen LogP contribution < -0.4 is 16.2 Å². The topological polar surface area (TPSA) is 112 Å². The van der Waals surface area contributed by atoms with Crippen molar-refractivity contribution >= 4 is 21.4 Å². The summed E-state index contributed by atoms with van der Waals surface area (Å²) in [6, 6.07) is 4.69. The van der Waals surface area contributed by atoms with Crippen molar-refractivity contribution in [1.29, 1.82) is 0 Å². The maximum absolute atomic E-state index is 11.7. The first kappa shape index (κ1) is 15.6. The van der Waals surface area contributed by atoms with Crippen LogP contribution in [-0.2, 0) is 9.84 Å². The van der Waals surface area contributed by atoms with Crippen LogP contribution in [0.5, 0.6) is 5.75 Å². The molecule has 116 valence electrons. The van der Waals surface area contributed by atoms with Gasteiger partial charge in [-0.15, -0.1) is 0 Å². The lowest BCUT2D eigenvalue weighted by Crippen LogP contribution is -2.33. The highest BCUT2D eigenvalue weighted by Gasteiger charge is 2.30. The Balaban J connectivity index is 2.17. The van der Waals surface area contributed by atoms with E-state index in [-0.39, 0.29) is 16.9 Å². The number of primary amides is 1. The molecule has 1 aliphatic rings. The summed E-state index contributed by atoms with van der Waals surface area (Å²) >= 11 is 0. The van der Waals surface area contributed by atoms with Crippen LogP contribution in [0.2, 0.25) is 0 Å². The first-order valence-electron chi connectivity index (χ1n) is 6.82. The van der Waals surface area contributed by atoms with Crippen molar-refractivity contribution in [1.82, 2.24) is 0 Å². The van der Waals surface area contributed by atoms with Crippen molar-refractivity contribution in [2.75, 3.05) is 12.0 Å². The molecule has 1 aliphatic carbocycles. The summed E-state index contributed by atoms with van der Waals surface area (Å²) in [5, 5.41) is -0.387. The molecular formula is C14H20N2O4S. The van der Waals surface area contributed by atoms with Crippen molar-refractivity contribution < 1.29 is 17.9 Å². The van der Waals surface area contributed by atoms with E-state index >= 15 is 0 Å². The van der Waals surface area contributed by atoms with E-state index in [1.165, 1.54) is 12.3 Å². The van der Waals surface area contributed by atoms with Crippen LogP contribution in [0.3, 0.4) is 0 Å². The summed E-state index contributed by atoms with van der Waals surface area (Å²) in [7, 11) is -3.08. The number of rotatable bonds is 4. The van der Waals surface area contributed by atoms with Gasteiger partial charge < -0.3 is 16.2 Å². The van der Waals surface area contributed by atoms with Gasteiger partial charge in [-0.25, -0.2) is 8.42 Å². The number of carbonyl (C=O) groups excluding carboxylic acids is 1. The van der Waals surface area contributed by atoms with E-state index in [9.17, 15) is 13.2 Å². The van der Waals surface area contributed by atoms with Crippen molar-refractivity contribution in [3.63, 3.8) is 0 Å². The smallest absolute Gasteiger partial charge is 0.252 e. The molecule has 0 spiro atoms. The third-order valence-electron chi connectivity index (χ3n) is 3.75. The van der Waals surface area contributed by atoms with E-state index in [0.717, 1.165) is 12.8 Å². The second kappa shape index (κ2) is 5.93. The van der Waals surface area contributed by atoms with Crippen LogP contribution in [0.25, 0.3) is 0 Å². The van der Waals surface area contributed by atoms with Crippen LogP contribution >= 0.6 is 0 Å². The lowest BCUT2D eigenvalue weighted by Gasteiger charge is -2.29. The molecule has 0 saturated heterocycles. The van der Waals surface area contributed by atoms with Gasteiger partial charge in [-0.3, -0.25) is 4.79 Å². The Kier molecular flexibility index (Phi) is 4.41. The summed E-state index contributed by atoms with van der Waals surface area (Å²) in [4.78, 5) is 11.4. The third kappa shape index (κ3) is 3.87. The zero-order valence-electron chi connectivity index (χ0n) is 11.9. The van der Waals surface area contributed by atoms with Gasteiger partial charge in [0.15, 0.2) is 0 Å². The molecule has 2 atom stereocenters. The van der Waals surface area contributed by atoms with E-state index in [1.807, 2.05) is 0 Å². The molecule has 1 aromatic carbocycles. The van der Waals surface area contributed by atoms with Crippen LogP contribution in [-0.4, -0.2) is 31.9 Å². The van der Waals surface area contributed by atoms with Crippen LogP contribution in [0.4, 0.5) is 5.69 Å². The molecule has 2 rings (SSSR count). The van der Waals surface area contributed by atoms with Gasteiger partial charge in [-0.05, 0) is 37.5 Å². The molecule has 1 fully saturated rings. The van der Waals surface area contributed by atoms with Gasteiger partial charge in [0, 0.05) is 18.4 Å². The zero-order chi connectivity index (χ0) is 15.6. The number of carbonyl (C=O) groups is 1. The summed E-state index contributed by atoms with van der Waals surface area (Å²) in [5.74, 6) is -0.261. The largest absolute Gasteiger partial charge is 0.490 e. The first-order chi connectivity index (χ1) is 9.77. The number of benzene rings is 1. The normalized spacial score (nSPS) is 22.7. The molecule has 6 nitrogen and oxygen atoms in total. The standard InChI is InChI=1S/C14H20N2O4S/c1-21(18,19)11-4-2-3-10(8-11)20-13-6-5-9(15)7-12(13)14(16)17/h5-7,10-11H,2-4,8,15H2,1H3,(H2,16,17). The number of ether oxygens (including phenoxy) is 1. The van der Waals surface area contributed by atoms with Gasteiger partial charge in [-0.1, -0.05) is 0 Å². The van der Waals surface area contributed by atoms with Gasteiger partial charge in [0.25, 0.3) is 5.91 Å². The Morgan fingerprint density at radius 1 is 1.33 bits per heavy atom. The summed E-state index contributed by atoms with van der Waals surface area (Å²) < 4.78 is 29.1. The number of amides is 1. The van der Waals surface area contributed by atoms with E-state index in [4.69, 9.17) is 16.2 Å². The molecular weight excluding hydrogens is 292 g/mol. The van der Waals surface area contributed by atoms with Crippen LogP contribution in [0.1, 0.15) is 36.0 Å². The number of hydrogen-bond donors (Lipinski definition) is 2. The highest BCUT2D eigenvalue weighted by Crippen LogP contribution is 2.29. The average Bonchev–Trinajstić information content (AvgIpc) is 2.40. The molecule has 0 aliphatic heterocycles. The maximum Gasteiger partial charge on any atom is 0.252 e. The van der Waals surface area contributed by atoms with Gasteiger partial charge in [0.05, 0.1) is 16.9 Å². The van der Waals surface area contributed by atoms with E-state index < -0.39 is 15.7 Å². The van der Waals surface area contributed by atoms with Crippen molar-refractivity contribution in [3.05, 3.63) is 23.8 Å². The maximum atomic E-state index is 11.7. The fraction of sp³-hybridized carbons (Fsp3) is 0.500. The van der Waals surface area contributed by atoms with E-state index in [2.05, 4.69) is 0 Å². The van der Waals surface area contributed by atoms with Crippen molar-refractivity contribution in [2.24, 2.45) is 5.73 Å². The van der Waals surface area contributed by atoms with Crippen molar-refractivity contribution in [3.8, 4) is 5.75 Å². The predicted octanol–water partition coefficient (Wildman–Crippen LogP) is 1.10. The highest BCUT2D eigenvalue weighted by atomic mass is 32.2. The number of sulfone groups is 1. The lowest BCUT2D eigenvalue weighted by atomic mass is 9.97. The SMILES string of the molecule is CS(=O)(=O)C1CCCC(Oc2ccc(N)cc2C(N)=O)C1. The summed E-state index contributed by atoms with van der Waals surface area (Å²) in [6.07, 6.45) is 3.64. The van der Waals surface area contributed by atoms with Gasteiger partial charge in [0.1, 0.15) is 15.6 Å². The van der Waals surface area contributed by atoms with Gasteiger partial charge >= 0.3 is 0 Å². The summed E-state index contributed by atoms with van der Waals surface area (Å²) in [5.41, 5.74) is 11.6. The second-order valence-electron chi connectivity index (χ2n) is 5.48. The quantitative estimate of drug-likeness (QED) is 0.808. The van der Waals surface area contributed by atoms with E-state index in [0.29, 0.717) is 24.3 Å². The highest BCUT2D eigenvalue weighted by molar-refractivity contribution is 7.91. The molecule has 0 bridgehead atoms. The van der Waals surface area contributed by atoms with Gasteiger partial charge in [0.2, 0.25) is 0 Å². The van der Waals surface area contributed by atoms with Crippen molar-refractivity contribution in [2.45, 2.75) is 37.0 Å². The molecule has 21 heavy (non-hydrogen) atoms. The number of anilines is 1. The molecule has 1 saturated carbocycles. The Morgan fingerprint density at radius 3 is 2.67 bits per heavy atom. The monoisotopic (exact) mass is 312 g/mol. The average molecular weight is 312 g/mol. The van der Waals surface area contributed by atoms with Crippen LogP contribution in [0, 0.1) is 0 Å². The number of nitrogen functional groups attached to an aromatic ring is 1. The molecule has 1 amide bonds. The number of nitrogens with two attached hydrogens (primary N) is 2.